The first-order valence-electron chi connectivity index (χ1n) is 12.5. The second-order valence-corrected chi connectivity index (χ2v) is 10.4. The Morgan fingerprint density at radius 2 is 1.68 bits per heavy atom. The molecule has 0 amide bonds. The van der Waals surface area contributed by atoms with Crippen molar-refractivity contribution in [3.63, 3.8) is 0 Å². The summed E-state index contributed by atoms with van der Waals surface area (Å²) in [5.74, 6) is 1.62. The zero-order valence-electron chi connectivity index (χ0n) is 22.1. The molecular formula is C30H32BrN3O4. The number of hydrogen-bond donors (Lipinski definition) is 0. The van der Waals surface area contributed by atoms with Crippen LogP contribution in [0, 0.1) is 6.92 Å². The SMILES string of the molecule is CCOC(=O)C(C)(C)Oc1ccc(CN(Cc2ccncc2)Cc2nc(-c3cccc(Br)c3)oc2C)cc1. The highest BCUT2D eigenvalue weighted by atomic mass is 79.9. The Labute approximate surface area is 232 Å². The van der Waals surface area contributed by atoms with Crippen LogP contribution in [0.5, 0.6) is 5.75 Å². The molecular weight excluding hydrogens is 546 g/mol. The van der Waals surface area contributed by atoms with Crippen molar-refractivity contribution in [3.05, 3.63) is 100 Å². The van der Waals surface area contributed by atoms with Gasteiger partial charge in [-0.05, 0) is 81.3 Å². The summed E-state index contributed by atoms with van der Waals surface area (Å²) in [6.07, 6.45) is 3.61. The second kappa shape index (κ2) is 12.4. The molecule has 2 heterocycles. The third-order valence-corrected chi connectivity index (χ3v) is 6.46. The Bertz CT molecular complexity index is 1350. The van der Waals surface area contributed by atoms with E-state index in [2.05, 4.69) is 25.8 Å². The summed E-state index contributed by atoms with van der Waals surface area (Å²) in [6, 6.07) is 19.8. The molecule has 0 radical (unpaired) electrons. The lowest BCUT2D eigenvalue weighted by Crippen LogP contribution is -2.39. The van der Waals surface area contributed by atoms with Crippen molar-refractivity contribution in [2.75, 3.05) is 6.61 Å². The lowest BCUT2D eigenvalue weighted by molar-refractivity contribution is -0.158. The summed E-state index contributed by atoms with van der Waals surface area (Å²) in [6.45, 7) is 9.47. The van der Waals surface area contributed by atoms with Gasteiger partial charge in [0.1, 0.15) is 11.5 Å². The third kappa shape index (κ3) is 7.30. The van der Waals surface area contributed by atoms with E-state index >= 15 is 0 Å². The van der Waals surface area contributed by atoms with Gasteiger partial charge in [-0.3, -0.25) is 9.88 Å². The van der Waals surface area contributed by atoms with Gasteiger partial charge in [-0.1, -0.05) is 34.1 Å². The molecule has 0 bridgehead atoms. The number of ether oxygens (including phenoxy) is 2. The molecule has 198 valence electrons. The van der Waals surface area contributed by atoms with Gasteiger partial charge in [0.2, 0.25) is 5.89 Å². The van der Waals surface area contributed by atoms with Gasteiger partial charge in [0.05, 0.1) is 12.3 Å². The van der Waals surface area contributed by atoms with Gasteiger partial charge in [0, 0.05) is 42.1 Å². The molecule has 0 aliphatic rings. The molecule has 0 N–H and O–H groups in total. The maximum absolute atomic E-state index is 12.2. The van der Waals surface area contributed by atoms with Crippen molar-refractivity contribution in [1.82, 2.24) is 14.9 Å². The number of rotatable bonds is 11. The van der Waals surface area contributed by atoms with Gasteiger partial charge in [-0.2, -0.15) is 0 Å². The Balaban J connectivity index is 1.51. The minimum absolute atomic E-state index is 0.313. The van der Waals surface area contributed by atoms with Gasteiger partial charge in [0.25, 0.3) is 0 Å². The first kappa shape index (κ1) is 27.5. The number of aromatic nitrogens is 2. The smallest absolute Gasteiger partial charge is 0.349 e. The minimum atomic E-state index is -1.07. The van der Waals surface area contributed by atoms with Crippen molar-refractivity contribution in [2.24, 2.45) is 0 Å². The predicted molar refractivity (Wildman–Crippen MR) is 149 cm³/mol. The number of pyridine rings is 1. The van der Waals surface area contributed by atoms with E-state index in [4.69, 9.17) is 18.9 Å². The molecule has 0 aliphatic carbocycles. The molecule has 8 heteroatoms. The van der Waals surface area contributed by atoms with Crippen LogP contribution in [0.25, 0.3) is 11.5 Å². The highest BCUT2D eigenvalue weighted by Crippen LogP contribution is 2.26. The van der Waals surface area contributed by atoms with Crippen LogP contribution in [0.15, 0.2) is 81.9 Å². The van der Waals surface area contributed by atoms with E-state index in [1.807, 2.05) is 67.6 Å². The lowest BCUT2D eigenvalue weighted by Gasteiger charge is -2.25. The summed E-state index contributed by atoms with van der Waals surface area (Å²) >= 11 is 3.52. The quantitative estimate of drug-likeness (QED) is 0.183. The Morgan fingerprint density at radius 1 is 1.00 bits per heavy atom. The first-order valence-corrected chi connectivity index (χ1v) is 13.3. The molecule has 4 rings (SSSR count). The summed E-state index contributed by atoms with van der Waals surface area (Å²) in [7, 11) is 0. The van der Waals surface area contributed by atoms with E-state index in [1.54, 1.807) is 33.2 Å². The normalized spacial score (nSPS) is 11.5. The molecule has 0 saturated heterocycles. The Kier molecular flexibility index (Phi) is 8.97. The van der Waals surface area contributed by atoms with Crippen molar-refractivity contribution in [3.8, 4) is 17.2 Å². The molecule has 2 aromatic heterocycles. The number of oxazole rings is 1. The number of hydrogen-bond acceptors (Lipinski definition) is 7. The molecule has 0 unspecified atom stereocenters. The van der Waals surface area contributed by atoms with E-state index in [0.29, 0.717) is 31.3 Å². The van der Waals surface area contributed by atoms with Crippen LogP contribution >= 0.6 is 15.9 Å². The topological polar surface area (TPSA) is 77.7 Å². The maximum Gasteiger partial charge on any atom is 0.349 e. The average Bonchev–Trinajstić information content (AvgIpc) is 3.26. The van der Waals surface area contributed by atoms with Crippen molar-refractivity contribution in [1.29, 1.82) is 0 Å². The summed E-state index contributed by atoms with van der Waals surface area (Å²) < 4.78 is 18.0. The van der Waals surface area contributed by atoms with Crippen molar-refractivity contribution in [2.45, 2.75) is 52.9 Å². The highest BCUT2D eigenvalue weighted by molar-refractivity contribution is 9.10. The Morgan fingerprint density at radius 3 is 2.34 bits per heavy atom. The number of carbonyl (C=O) groups is 1. The fraction of sp³-hybridized carbons (Fsp3) is 0.300. The van der Waals surface area contributed by atoms with Crippen LogP contribution in [0.3, 0.4) is 0 Å². The minimum Gasteiger partial charge on any atom is -0.476 e. The van der Waals surface area contributed by atoms with Crippen LogP contribution in [0.2, 0.25) is 0 Å². The van der Waals surface area contributed by atoms with Crippen LogP contribution < -0.4 is 4.74 Å². The fourth-order valence-electron chi connectivity index (χ4n) is 4.01. The van der Waals surface area contributed by atoms with Crippen LogP contribution in [0.4, 0.5) is 0 Å². The number of nitrogens with zero attached hydrogens (tertiary/aromatic N) is 3. The summed E-state index contributed by atoms with van der Waals surface area (Å²) in [4.78, 5) is 23.5. The standard InChI is InChI=1S/C30H32BrN3O4/c1-5-36-29(35)30(3,4)38-26-11-9-22(10-12-26)18-34(19-23-13-15-32-16-14-23)20-27-21(2)37-28(33-27)24-7-6-8-25(31)17-24/h6-17H,5,18-20H2,1-4H3. The van der Waals surface area contributed by atoms with Gasteiger partial charge >= 0.3 is 5.97 Å². The fourth-order valence-corrected chi connectivity index (χ4v) is 4.41. The number of halogens is 1. The molecule has 4 aromatic rings. The van der Waals surface area contributed by atoms with Crippen LogP contribution in [0.1, 0.15) is 43.4 Å². The van der Waals surface area contributed by atoms with E-state index in [0.717, 1.165) is 39.2 Å². The number of esters is 1. The van der Waals surface area contributed by atoms with Gasteiger partial charge in [0.15, 0.2) is 5.60 Å². The molecule has 0 spiro atoms. The molecule has 0 aliphatic heterocycles. The molecule has 7 nitrogen and oxygen atoms in total. The Hall–Kier alpha value is -3.49. The maximum atomic E-state index is 12.2. The summed E-state index contributed by atoms with van der Waals surface area (Å²) in [5.41, 5.74) is 3.01. The van der Waals surface area contributed by atoms with E-state index < -0.39 is 11.6 Å². The molecule has 0 saturated carbocycles. The van der Waals surface area contributed by atoms with Crippen molar-refractivity contribution < 1.29 is 18.7 Å². The molecule has 2 aromatic carbocycles. The largest absolute Gasteiger partial charge is 0.476 e. The van der Waals surface area contributed by atoms with Crippen LogP contribution in [-0.2, 0) is 29.2 Å². The predicted octanol–water partition coefficient (Wildman–Crippen LogP) is 6.73. The first-order chi connectivity index (χ1) is 18.2. The van der Waals surface area contributed by atoms with Gasteiger partial charge in [-0.25, -0.2) is 9.78 Å². The third-order valence-electron chi connectivity index (χ3n) is 5.96. The van der Waals surface area contributed by atoms with E-state index in [-0.39, 0.29) is 0 Å². The molecule has 38 heavy (non-hydrogen) atoms. The number of benzene rings is 2. The zero-order chi connectivity index (χ0) is 27.1. The van der Waals surface area contributed by atoms with Crippen molar-refractivity contribution >= 4 is 21.9 Å². The van der Waals surface area contributed by atoms with Crippen LogP contribution in [-0.4, -0.2) is 33.0 Å². The number of carbonyl (C=O) groups excluding carboxylic acids is 1. The number of aryl methyl sites for hydroxylation is 1. The molecule has 0 atom stereocenters. The van der Waals surface area contributed by atoms with Gasteiger partial charge in [-0.15, -0.1) is 0 Å². The molecule has 0 fully saturated rings. The van der Waals surface area contributed by atoms with E-state index in [1.165, 1.54) is 0 Å². The second-order valence-electron chi connectivity index (χ2n) is 9.51. The lowest BCUT2D eigenvalue weighted by atomic mass is 10.1. The highest BCUT2D eigenvalue weighted by Gasteiger charge is 2.31. The van der Waals surface area contributed by atoms with E-state index in [9.17, 15) is 4.79 Å². The zero-order valence-corrected chi connectivity index (χ0v) is 23.7. The summed E-state index contributed by atoms with van der Waals surface area (Å²) in [5, 5.41) is 0. The monoisotopic (exact) mass is 577 g/mol. The average molecular weight is 579 g/mol. The van der Waals surface area contributed by atoms with Gasteiger partial charge < -0.3 is 13.9 Å².